The van der Waals surface area contributed by atoms with Gasteiger partial charge in [-0.05, 0) is 51.4 Å². The summed E-state index contributed by atoms with van der Waals surface area (Å²) in [5.74, 6) is -2.52. The Balaban J connectivity index is 1.90. The van der Waals surface area contributed by atoms with Gasteiger partial charge in [0.1, 0.15) is 23.2 Å². The molecule has 4 heterocycles. The maximum atomic E-state index is 14.5. The zero-order valence-corrected chi connectivity index (χ0v) is 23.7. The van der Waals surface area contributed by atoms with Gasteiger partial charge in [-0.25, -0.2) is 0 Å². The number of ether oxygens (including phenoxy) is 2. The number of rotatable bonds is 8. The minimum atomic E-state index is -1.32. The minimum Gasteiger partial charge on any atom is -0.465 e. The standard InChI is InChI=1S/C30H46N2O6/c1-6-13-21(5)31-16-12-15-30-23(26(34)32(25(30)27(31)35)22(19-33)18-20(3)4)24-28(36)37-17-11-9-8-10-14-29(24,7-2)38-30/h10,12,14-15,20-25,33H,6-9,11,13,16-19H2,1-5H3/b14-10-/t21?,22-,23+,24+,25?,29-,30+/m1/s1. The molecule has 8 nitrogen and oxygen atoms in total. The lowest BCUT2D eigenvalue weighted by Gasteiger charge is -2.42. The summed E-state index contributed by atoms with van der Waals surface area (Å²) in [6.07, 6.45) is 13.1. The number of aliphatic hydroxyl groups excluding tert-OH is 1. The molecule has 212 valence electrons. The lowest BCUT2D eigenvalue weighted by atomic mass is 9.73. The molecule has 0 radical (unpaired) electrons. The summed E-state index contributed by atoms with van der Waals surface area (Å²) in [7, 11) is 0. The van der Waals surface area contributed by atoms with Gasteiger partial charge >= 0.3 is 5.97 Å². The molecule has 4 aliphatic rings. The molecule has 2 saturated heterocycles. The monoisotopic (exact) mass is 530 g/mol. The number of cyclic esters (lactones) is 1. The molecule has 2 fully saturated rings. The second-order valence-corrected chi connectivity index (χ2v) is 11.9. The first-order valence-corrected chi connectivity index (χ1v) is 14.6. The number of carbonyl (C=O) groups excluding carboxylic acids is 3. The molecule has 0 aromatic carbocycles. The van der Waals surface area contributed by atoms with E-state index < -0.39 is 41.1 Å². The summed E-state index contributed by atoms with van der Waals surface area (Å²) in [5.41, 5.74) is -2.38. The van der Waals surface area contributed by atoms with Crippen LogP contribution in [0.25, 0.3) is 0 Å². The lowest BCUT2D eigenvalue weighted by Crippen LogP contribution is -2.60. The lowest BCUT2D eigenvalue weighted by molar-refractivity contribution is -0.164. The number of allylic oxidation sites excluding steroid dienone is 1. The van der Waals surface area contributed by atoms with Crippen LogP contribution in [-0.2, 0) is 23.9 Å². The van der Waals surface area contributed by atoms with Crippen LogP contribution in [0.2, 0.25) is 0 Å². The van der Waals surface area contributed by atoms with Gasteiger partial charge in [-0.1, -0.05) is 58.4 Å². The van der Waals surface area contributed by atoms with E-state index in [0.717, 1.165) is 32.1 Å². The first-order chi connectivity index (χ1) is 18.2. The van der Waals surface area contributed by atoms with Crippen molar-refractivity contribution < 1.29 is 29.0 Å². The molecule has 7 atom stereocenters. The summed E-state index contributed by atoms with van der Waals surface area (Å²) >= 11 is 0. The summed E-state index contributed by atoms with van der Waals surface area (Å²) in [5, 5.41) is 10.5. The third kappa shape index (κ3) is 4.72. The quantitative estimate of drug-likeness (QED) is 0.380. The van der Waals surface area contributed by atoms with Gasteiger partial charge in [-0.2, -0.15) is 0 Å². The van der Waals surface area contributed by atoms with Crippen LogP contribution in [-0.4, -0.2) is 81.8 Å². The van der Waals surface area contributed by atoms with Crippen molar-refractivity contribution in [3.63, 3.8) is 0 Å². The van der Waals surface area contributed by atoms with Crippen molar-refractivity contribution in [2.75, 3.05) is 19.8 Å². The van der Waals surface area contributed by atoms with Crippen molar-refractivity contribution in [1.82, 2.24) is 9.80 Å². The predicted molar refractivity (Wildman–Crippen MR) is 144 cm³/mol. The fourth-order valence-corrected chi connectivity index (χ4v) is 7.18. The van der Waals surface area contributed by atoms with E-state index >= 15 is 0 Å². The number of likely N-dealkylation sites (tertiary alicyclic amines) is 1. The average Bonchev–Trinajstić information content (AvgIpc) is 3.24. The first kappa shape index (κ1) is 28.8. The molecule has 4 aliphatic heterocycles. The third-order valence-corrected chi connectivity index (χ3v) is 8.94. The summed E-state index contributed by atoms with van der Waals surface area (Å²) in [4.78, 5) is 46.1. The van der Waals surface area contributed by atoms with Crippen molar-refractivity contribution in [2.24, 2.45) is 17.8 Å². The molecule has 4 rings (SSSR count). The second kappa shape index (κ2) is 11.5. The Kier molecular flexibility index (Phi) is 8.72. The van der Waals surface area contributed by atoms with Gasteiger partial charge in [0.2, 0.25) is 11.8 Å². The van der Waals surface area contributed by atoms with Crippen LogP contribution in [0.15, 0.2) is 24.3 Å². The predicted octanol–water partition coefficient (Wildman–Crippen LogP) is 3.62. The fraction of sp³-hybridized carbons (Fsp3) is 0.767. The zero-order chi connectivity index (χ0) is 27.7. The van der Waals surface area contributed by atoms with Gasteiger partial charge in [0.15, 0.2) is 0 Å². The number of fused-ring (bicyclic) bond motifs is 2. The number of carbonyl (C=O) groups is 3. The Bertz CT molecular complexity index is 962. The average molecular weight is 531 g/mol. The molecule has 0 aromatic heterocycles. The Morgan fingerprint density at radius 2 is 1.82 bits per heavy atom. The van der Waals surface area contributed by atoms with Crippen molar-refractivity contribution in [3.8, 4) is 0 Å². The highest BCUT2D eigenvalue weighted by Crippen LogP contribution is 2.58. The molecule has 38 heavy (non-hydrogen) atoms. The largest absolute Gasteiger partial charge is 0.465 e. The number of hydrogen-bond donors (Lipinski definition) is 1. The van der Waals surface area contributed by atoms with Crippen LogP contribution in [0.1, 0.15) is 79.6 Å². The molecule has 2 unspecified atom stereocenters. The molecule has 0 saturated carbocycles. The van der Waals surface area contributed by atoms with Crippen molar-refractivity contribution in [2.45, 2.75) is 109 Å². The zero-order valence-electron chi connectivity index (χ0n) is 23.7. The summed E-state index contributed by atoms with van der Waals surface area (Å²) in [6.45, 7) is 10.6. The molecule has 1 N–H and O–H groups in total. The molecule has 0 aromatic rings. The number of amides is 2. The van der Waals surface area contributed by atoms with E-state index in [1.54, 1.807) is 4.90 Å². The highest BCUT2D eigenvalue weighted by molar-refractivity contribution is 5.99. The van der Waals surface area contributed by atoms with E-state index in [4.69, 9.17) is 9.47 Å². The molecule has 1 spiro atoms. The van der Waals surface area contributed by atoms with Crippen molar-refractivity contribution in [3.05, 3.63) is 24.3 Å². The van der Waals surface area contributed by atoms with Gasteiger partial charge in [-0.15, -0.1) is 0 Å². The molecule has 8 heteroatoms. The van der Waals surface area contributed by atoms with Crippen LogP contribution in [0.3, 0.4) is 0 Å². The van der Waals surface area contributed by atoms with E-state index in [1.807, 2.05) is 50.8 Å². The number of nitrogens with zero attached hydrogens (tertiary/aromatic N) is 2. The van der Waals surface area contributed by atoms with Crippen LogP contribution >= 0.6 is 0 Å². The van der Waals surface area contributed by atoms with Crippen molar-refractivity contribution >= 4 is 17.8 Å². The minimum absolute atomic E-state index is 0.0203. The van der Waals surface area contributed by atoms with E-state index in [0.29, 0.717) is 26.0 Å². The van der Waals surface area contributed by atoms with Crippen LogP contribution < -0.4 is 0 Å². The second-order valence-electron chi connectivity index (χ2n) is 11.9. The van der Waals surface area contributed by atoms with Gasteiger partial charge < -0.3 is 24.4 Å². The van der Waals surface area contributed by atoms with Gasteiger partial charge in [0.25, 0.3) is 0 Å². The normalized spacial score (nSPS) is 35.9. The Morgan fingerprint density at radius 1 is 1.05 bits per heavy atom. The number of esters is 1. The summed E-state index contributed by atoms with van der Waals surface area (Å²) in [6, 6.07) is -1.54. The Labute approximate surface area is 227 Å². The molecule has 2 amide bonds. The van der Waals surface area contributed by atoms with E-state index in [9.17, 15) is 19.5 Å². The third-order valence-electron chi connectivity index (χ3n) is 8.94. The van der Waals surface area contributed by atoms with E-state index in [1.165, 1.54) is 0 Å². The number of hydrogen-bond acceptors (Lipinski definition) is 6. The molecular weight excluding hydrogens is 484 g/mol. The van der Waals surface area contributed by atoms with Crippen LogP contribution in [0, 0.1) is 17.8 Å². The Hall–Kier alpha value is -2.19. The van der Waals surface area contributed by atoms with Crippen molar-refractivity contribution in [1.29, 1.82) is 0 Å². The fourth-order valence-electron chi connectivity index (χ4n) is 7.18. The SMILES string of the molecule is CCCC(C)N1CC=C[C@]23O[C@]4(CC)/C=C\CCCCOC(=O)[C@@H]4[C@H]2C(=O)N([C@@H](CO)CC(C)C)C3C1=O. The maximum Gasteiger partial charge on any atom is 0.313 e. The van der Waals surface area contributed by atoms with Gasteiger partial charge in [-0.3, -0.25) is 14.4 Å². The van der Waals surface area contributed by atoms with E-state index in [-0.39, 0.29) is 30.4 Å². The van der Waals surface area contributed by atoms with E-state index in [2.05, 4.69) is 13.0 Å². The topological polar surface area (TPSA) is 96.4 Å². The highest BCUT2D eigenvalue weighted by Gasteiger charge is 2.75. The molecular formula is C30H46N2O6. The maximum absolute atomic E-state index is 14.5. The molecule has 0 aliphatic carbocycles. The first-order valence-electron chi connectivity index (χ1n) is 14.6. The highest BCUT2D eigenvalue weighted by atomic mass is 16.6. The Morgan fingerprint density at radius 3 is 2.47 bits per heavy atom. The van der Waals surface area contributed by atoms with Crippen LogP contribution in [0.4, 0.5) is 0 Å². The number of aliphatic hydroxyl groups is 1. The molecule has 0 bridgehead atoms. The summed E-state index contributed by atoms with van der Waals surface area (Å²) < 4.78 is 12.7. The van der Waals surface area contributed by atoms with Gasteiger partial charge in [0, 0.05) is 12.6 Å². The van der Waals surface area contributed by atoms with Crippen LogP contribution in [0.5, 0.6) is 0 Å². The van der Waals surface area contributed by atoms with Gasteiger partial charge in [0.05, 0.1) is 25.2 Å². The smallest absolute Gasteiger partial charge is 0.313 e.